The van der Waals surface area contributed by atoms with Crippen molar-refractivity contribution in [3.05, 3.63) is 40.0 Å². The molecule has 3 aliphatic rings. The number of ether oxygens (including phenoxy) is 1. The van der Waals surface area contributed by atoms with Crippen LogP contribution >= 0.6 is 22.9 Å². The first-order chi connectivity index (χ1) is 19.8. The Bertz CT molecular complexity index is 1730. The van der Waals surface area contributed by atoms with Crippen LogP contribution in [0.4, 0.5) is 15.9 Å². The third kappa shape index (κ3) is 4.38. The molecule has 3 N–H and O–H groups in total. The Hall–Kier alpha value is -3.23. The molecular formula is C30H31ClFN7OS. The average molecular weight is 592 g/mol. The molecule has 2 unspecified atom stereocenters. The number of nitrogens with zero attached hydrogens (tertiary/aromatic N) is 5. The van der Waals surface area contributed by atoms with Crippen LogP contribution in [0.25, 0.3) is 32.1 Å². The predicted octanol–water partition coefficient (Wildman–Crippen LogP) is 5.56. The highest BCUT2D eigenvalue weighted by Gasteiger charge is 2.37. The lowest BCUT2D eigenvalue weighted by Gasteiger charge is -2.35. The van der Waals surface area contributed by atoms with Crippen LogP contribution in [0, 0.1) is 17.1 Å². The molecular weight excluding hydrogens is 561 g/mol. The van der Waals surface area contributed by atoms with Gasteiger partial charge in [0.2, 0.25) is 0 Å². The normalized spacial score (nSPS) is 24.4. The van der Waals surface area contributed by atoms with E-state index in [1.165, 1.54) is 11.3 Å². The van der Waals surface area contributed by atoms with Crippen LogP contribution in [0.5, 0.6) is 6.01 Å². The van der Waals surface area contributed by atoms with E-state index in [1.807, 2.05) is 11.4 Å². The molecule has 0 aliphatic carbocycles. The van der Waals surface area contributed by atoms with Gasteiger partial charge in [-0.2, -0.15) is 15.2 Å². The van der Waals surface area contributed by atoms with Crippen LogP contribution < -0.4 is 20.7 Å². The van der Waals surface area contributed by atoms with Gasteiger partial charge in [-0.15, -0.1) is 11.3 Å². The maximum atomic E-state index is 16.7. The van der Waals surface area contributed by atoms with Gasteiger partial charge in [-0.3, -0.25) is 4.90 Å². The van der Waals surface area contributed by atoms with Crippen LogP contribution in [0.3, 0.4) is 0 Å². The van der Waals surface area contributed by atoms with E-state index in [9.17, 15) is 5.26 Å². The molecule has 0 radical (unpaired) electrons. The number of nitrogens with one attached hydrogen (secondary N) is 1. The highest BCUT2D eigenvalue weighted by Crippen LogP contribution is 2.45. The van der Waals surface area contributed by atoms with Gasteiger partial charge in [-0.25, -0.2) is 4.39 Å². The van der Waals surface area contributed by atoms with Crippen molar-refractivity contribution >= 4 is 55.4 Å². The number of hydrogen-bond acceptors (Lipinski definition) is 9. The molecule has 2 aromatic heterocycles. The number of anilines is 2. The lowest BCUT2D eigenvalue weighted by atomic mass is 9.98. The van der Waals surface area contributed by atoms with E-state index in [1.54, 1.807) is 12.1 Å². The van der Waals surface area contributed by atoms with Gasteiger partial charge in [0.1, 0.15) is 24.0 Å². The minimum Gasteiger partial charge on any atom is -0.461 e. The van der Waals surface area contributed by atoms with Crippen molar-refractivity contribution < 1.29 is 9.13 Å². The maximum Gasteiger partial charge on any atom is 0.319 e. The summed E-state index contributed by atoms with van der Waals surface area (Å²) in [5.41, 5.74) is 7.53. The van der Waals surface area contributed by atoms with E-state index < -0.39 is 5.82 Å². The Morgan fingerprint density at radius 1 is 1.29 bits per heavy atom. The standard InChI is InChI=1S/C30H31ClFN7OS/c1-30(8-3-9-38(30)2)15-40-29-36-27-18(28(37-29)39-12-16-4-5-17(13-39)35-16)10-21(31)25(26(27)32)20-14-41-23-7-6-22(34)19(11-33)24(20)23/h6-7,10,14,16-17,35H,3-5,8-9,12-13,15,34H2,1-2H3/t16?,17?,30-/m0/s1. The molecule has 212 valence electrons. The molecule has 0 spiro atoms. The van der Waals surface area contributed by atoms with Gasteiger partial charge in [0.05, 0.1) is 21.8 Å². The number of likely N-dealkylation sites (N-methyl/N-ethyl adjacent to an activating group) is 1. The minimum atomic E-state index is -0.561. The number of rotatable bonds is 5. The zero-order valence-electron chi connectivity index (χ0n) is 23.0. The third-order valence-electron chi connectivity index (χ3n) is 9.15. The van der Waals surface area contributed by atoms with Crippen molar-refractivity contribution in [1.82, 2.24) is 20.2 Å². The Morgan fingerprint density at radius 3 is 2.78 bits per heavy atom. The molecule has 3 saturated heterocycles. The molecule has 3 fully saturated rings. The second-order valence-corrected chi connectivity index (χ2v) is 13.1. The molecule has 5 heterocycles. The zero-order valence-corrected chi connectivity index (χ0v) is 24.6. The maximum absolute atomic E-state index is 16.7. The topological polar surface area (TPSA) is 103 Å². The van der Waals surface area contributed by atoms with E-state index >= 15 is 4.39 Å². The number of piperazine rings is 1. The predicted molar refractivity (Wildman–Crippen MR) is 162 cm³/mol. The number of hydrogen-bond donors (Lipinski definition) is 2. The first-order valence-corrected chi connectivity index (χ1v) is 15.3. The number of nitriles is 1. The summed E-state index contributed by atoms with van der Waals surface area (Å²) in [7, 11) is 2.10. The van der Waals surface area contributed by atoms with Gasteiger partial charge in [0.15, 0.2) is 5.82 Å². The highest BCUT2D eigenvalue weighted by molar-refractivity contribution is 7.17. The van der Waals surface area contributed by atoms with Gasteiger partial charge >= 0.3 is 6.01 Å². The number of likely N-dealkylation sites (tertiary alicyclic amines) is 1. The van der Waals surface area contributed by atoms with E-state index in [-0.39, 0.29) is 27.7 Å². The number of aromatic nitrogens is 2. The largest absolute Gasteiger partial charge is 0.461 e. The summed E-state index contributed by atoms with van der Waals surface area (Å²) in [5.74, 6) is 0.0760. The van der Waals surface area contributed by atoms with E-state index in [0.29, 0.717) is 52.1 Å². The fourth-order valence-corrected chi connectivity index (χ4v) is 7.94. The SMILES string of the molecule is CN1CCC[C@@]1(C)COc1nc(N2CC3CCC(C2)N3)c2cc(Cl)c(-c3csc4ccc(N)c(C#N)c34)c(F)c2n1. The molecule has 0 amide bonds. The van der Waals surface area contributed by atoms with Crippen molar-refractivity contribution in [1.29, 1.82) is 5.26 Å². The van der Waals surface area contributed by atoms with Crippen molar-refractivity contribution in [2.45, 2.75) is 50.2 Å². The van der Waals surface area contributed by atoms with Crippen molar-refractivity contribution in [3.8, 4) is 23.2 Å². The molecule has 3 atom stereocenters. The van der Waals surface area contributed by atoms with Crippen LogP contribution in [-0.4, -0.2) is 65.8 Å². The summed E-state index contributed by atoms with van der Waals surface area (Å²) in [6.45, 7) is 5.12. The summed E-state index contributed by atoms with van der Waals surface area (Å²) in [6.07, 6.45) is 4.32. The highest BCUT2D eigenvalue weighted by atomic mass is 35.5. The van der Waals surface area contributed by atoms with Gasteiger partial charge < -0.3 is 20.7 Å². The number of nitrogens with two attached hydrogens (primary N) is 1. The second-order valence-electron chi connectivity index (χ2n) is 11.8. The van der Waals surface area contributed by atoms with E-state index in [0.717, 1.165) is 50.0 Å². The quantitative estimate of drug-likeness (QED) is 0.291. The summed E-state index contributed by atoms with van der Waals surface area (Å²) in [5, 5.41) is 16.7. The molecule has 2 bridgehead atoms. The molecule has 3 aliphatic heterocycles. The smallest absolute Gasteiger partial charge is 0.319 e. The summed E-state index contributed by atoms with van der Waals surface area (Å²) in [4.78, 5) is 14.0. The molecule has 41 heavy (non-hydrogen) atoms. The monoisotopic (exact) mass is 591 g/mol. The van der Waals surface area contributed by atoms with Gasteiger partial charge in [0, 0.05) is 57.2 Å². The second kappa shape index (κ2) is 9.95. The Morgan fingerprint density at radius 2 is 2.07 bits per heavy atom. The Kier molecular flexibility index (Phi) is 6.47. The van der Waals surface area contributed by atoms with E-state index in [4.69, 9.17) is 27.1 Å². The first kappa shape index (κ1) is 26.7. The molecule has 2 aromatic carbocycles. The Balaban J connectivity index is 1.40. The minimum absolute atomic E-state index is 0.139. The lowest BCUT2D eigenvalue weighted by Crippen LogP contribution is -2.51. The van der Waals surface area contributed by atoms with Crippen LogP contribution in [-0.2, 0) is 0 Å². The third-order valence-corrected chi connectivity index (χ3v) is 10.4. The van der Waals surface area contributed by atoms with Gasteiger partial charge in [0.25, 0.3) is 0 Å². The van der Waals surface area contributed by atoms with Crippen LogP contribution in [0.1, 0.15) is 38.2 Å². The Labute approximate surface area is 246 Å². The lowest BCUT2D eigenvalue weighted by molar-refractivity contribution is 0.108. The van der Waals surface area contributed by atoms with Crippen molar-refractivity contribution in [3.63, 3.8) is 0 Å². The van der Waals surface area contributed by atoms with E-state index in [2.05, 4.69) is 40.1 Å². The molecule has 11 heteroatoms. The molecule has 4 aromatic rings. The number of thiophene rings is 1. The summed E-state index contributed by atoms with van der Waals surface area (Å²) in [6, 6.07) is 8.37. The molecule has 0 saturated carbocycles. The summed E-state index contributed by atoms with van der Waals surface area (Å²) >= 11 is 8.28. The number of fused-ring (bicyclic) bond motifs is 4. The molecule has 7 rings (SSSR count). The van der Waals surface area contributed by atoms with Crippen molar-refractivity contribution in [2.75, 3.05) is 43.9 Å². The van der Waals surface area contributed by atoms with Crippen LogP contribution in [0.2, 0.25) is 5.02 Å². The zero-order chi connectivity index (χ0) is 28.5. The number of halogens is 2. The van der Waals surface area contributed by atoms with Crippen molar-refractivity contribution in [2.24, 2.45) is 0 Å². The first-order valence-electron chi connectivity index (χ1n) is 14.0. The summed E-state index contributed by atoms with van der Waals surface area (Å²) < 4.78 is 23.8. The van der Waals surface area contributed by atoms with Crippen LogP contribution in [0.15, 0.2) is 23.6 Å². The van der Waals surface area contributed by atoms with Gasteiger partial charge in [-0.1, -0.05) is 11.6 Å². The number of benzene rings is 2. The fraction of sp³-hybridized carbons (Fsp3) is 0.433. The number of nitrogen functional groups attached to an aromatic ring is 1. The molecule has 8 nitrogen and oxygen atoms in total. The van der Waals surface area contributed by atoms with Gasteiger partial charge in [-0.05, 0) is 64.4 Å². The average Bonchev–Trinajstić information content (AvgIpc) is 3.64. The fourth-order valence-electron chi connectivity index (χ4n) is 6.69.